The van der Waals surface area contributed by atoms with Crippen LogP contribution in [-0.2, 0) is 4.74 Å². The number of ether oxygens (including phenoxy) is 1. The van der Waals surface area contributed by atoms with Crippen LogP contribution in [-0.4, -0.2) is 19.3 Å². The van der Waals surface area contributed by atoms with Gasteiger partial charge in [-0.15, -0.1) is 0 Å². The van der Waals surface area contributed by atoms with Crippen LogP contribution in [0, 0.1) is 0 Å². The molecular formula is C7H17NO. The number of rotatable bonds is 4. The number of hydrogen-bond acceptors (Lipinski definition) is 2. The second kappa shape index (κ2) is 4.77. The van der Waals surface area contributed by atoms with E-state index in [2.05, 4.69) is 6.92 Å². The third kappa shape index (κ3) is 4.43. The summed E-state index contributed by atoms with van der Waals surface area (Å²) in [5.41, 5.74) is 5.67. The molecule has 0 aliphatic rings. The summed E-state index contributed by atoms with van der Waals surface area (Å²) in [7, 11) is 1.72. The summed E-state index contributed by atoms with van der Waals surface area (Å²) in [6.07, 6.45) is 2.31. The van der Waals surface area contributed by atoms with Crippen LogP contribution in [0.5, 0.6) is 0 Å². The lowest BCUT2D eigenvalue weighted by Gasteiger charge is -2.13. The van der Waals surface area contributed by atoms with Crippen molar-refractivity contribution in [3.05, 3.63) is 0 Å². The first-order valence-electron chi connectivity index (χ1n) is 3.49. The maximum atomic E-state index is 5.67. The fourth-order valence-corrected chi connectivity index (χ4v) is 0.689. The van der Waals surface area contributed by atoms with Gasteiger partial charge in [-0.3, -0.25) is 0 Å². The molecule has 0 heterocycles. The van der Waals surface area contributed by atoms with Gasteiger partial charge in [0.2, 0.25) is 0 Å². The Morgan fingerprint density at radius 1 is 1.56 bits per heavy atom. The Kier molecular flexibility index (Phi) is 4.72. The molecule has 0 radical (unpaired) electrons. The highest BCUT2D eigenvalue weighted by Gasteiger charge is 2.04. The summed E-state index contributed by atoms with van der Waals surface area (Å²) in [5, 5.41) is 0. The molecule has 2 nitrogen and oxygen atoms in total. The van der Waals surface area contributed by atoms with Crippen LogP contribution in [0.3, 0.4) is 0 Å². The Labute approximate surface area is 57.4 Å². The predicted octanol–water partition coefficient (Wildman–Crippen LogP) is 1.15. The average molecular weight is 131 g/mol. The molecular weight excluding hydrogens is 114 g/mol. The second-order valence-electron chi connectivity index (χ2n) is 2.45. The van der Waals surface area contributed by atoms with Crippen LogP contribution < -0.4 is 5.73 Å². The van der Waals surface area contributed by atoms with E-state index in [4.69, 9.17) is 10.5 Å². The van der Waals surface area contributed by atoms with Gasteiger partial charge in [-0.25, -0.2) is 0 Å². The second-order valence-corrected chi connectivity index (χ2v) is 2.45. The first-order chi connectivity index (χ1) is 4.20. The van der Waals surface area contributed by atoms with Crippen molar-refractivity contribution in [3.63, 3.8) is 0 Å². The summed E-state index contributed by atoms with van der Waals surface area (Å²) >= 11 is 0. The Morgan fingerprint density at radius 2 is 2.11 bits per heavy atom. The zero-order valence-corrected chi connectivity index (χ0v) is 6.55. The van der Waals surface area contributed by atoms with Gasteiger partial charge in [-0.05, 0) is 19.8 Å². The first-order valence-corrected chi connectivity index (χ1v) is 3.49. The monoisotopic (exact) mass is 131 g/mol. The number of hydrogen-bond donors (Lipinski definition) is 1. The maximum Gasteiger partial charge on any atom is 0.0558 e. The van der Waals surface area contributed by atoms with Crippen LogP contribution in [0.25, 0.3) is 0 Å². The van der Waals surface area contributed by atoms with E-state index in [1.807, 2.05) is 6.92 Å². The molecule has 2 unspecified atom stereocenters. The molecule has 0 spiro atoms. The SMILES string of the molecule is CCC(N)CC(C)OC. The van der Waals surface area contributed by atoms with Crippen molar-refractivity contribution in [2.24, 2.45) is 5.73 Å². The van der Waals surface area contributed by atoms with Crippen LogP contribution in [0.1, 0.15) is 26.7 Å². The Hall–Kier alpha value is -0.0800. The molecule has 0 amide bonds. The molecule has 0 bridgehead atoms. The largest absolute Gasteiger partial charge is 0.382 e. The minimum absolute atomic E-state index is 0.306. The molecule has 0 aliphatic carbocycles. The fraction of sp³-hybridized carbons (Fsp3) is 1.00. The van der Waals surface area contributed by atoms with E-state index in [-0.39, 0.29) is 0 Å². The molecule has 2 atom stereocenters. The molecule has 0 rings (SSSR count). The Balaban J connectivity index is 3.22. The summed E-state index contributed by atoms with van der Waals surface area (Å²) in [4.78, 5) is 0. The highest BCUT2D eigenvalue weighted by molar-refractivity contribution is 4.62. The molecule has 2 heteroatoms. The minimum atomic E-state index is 0.306. The maximum absolute atomic E-state index is 5.67. The average Bonchev–Trinajstić information content (AvgIpc) is 1.87. The third-order valence-electron chi connectivity index (χ3n) is 1.56. The van der Waals surface area contributed by atoms with Crippen molar-refractivity contribution in [2.45, 2.75) is 38.8 Å². The van der Waals surface area contributed by atoms with E-state index in [1.165, 1.54) is 0 Å². The third-order valence-corrected chi connectivity index (χ3v) is 1.56. The molecule has 56 valence electrons. The molecule has 0 aromatic heterocycles. The van der Waals surface area contributed by atoms with E-state index in [0.29, 0.717) is 12.1 Å². The van der Waals surface area contributed by atoms with Crippen molar-refractivity contribution >= 4 is 0 Å². The normalized spacial score (nSPS) is 17.3. The van der Waals surface area contributed by atoms with Gasteiger partial charge in [0.05, 0.1) is 6.10 Å². The van der Waals surface area contributed by atoms with Crippen molar-refractivity contribution < 1.29 is 4.74 Å². The van der Waals surface area contributed by atoms with Gasteiger partial charge in [0.1, 0.15) is 0 Å². The smallest absolute Gasteiger partial charge is 0.0558 e. The topological polar surface area (TPSA) is 35.2 Å². The van der Waals surface area contributed by atoms with Gasteiger partial charge in [0.25, 0.3) is 0 Å². The first kappa shape index (κ1) is 8.92. The van der Waals surface area contributed by atoms with E-state index in [9.17, 15) is 0 Å². The van der Waals surface area contributed by atoms with Crippen molar-refractivity contribution in [2.75, 3.05) is 7.11 Å². The number of methoxy groups -OCH3 is 1. The molecule has 0 saturated carbocycles. The molecule has 0 fully saturated rings. The van der Waals surface area contributed by atoms with E-state index in [0.717, 1.165) is 12.8 Å². The summed E-state index contributed by atoms with van der Waals surface area (Å²) < 4.78 is 5.04. The van der Waals surface area contributed by atoms with Crippen molar-refractivity contribution in [1.82, 2.24) is 0 Å². The van der Waals surface area contributed by atoms with Gasteiger partial charge in [-0.2, -0.15) is 0 Å². The quantitative estimate of drug-likeness (QED) is 0.621. The molecule has 2 N–H and O–H groups in total. The van der Waals surface area contributed by atoms with Crippen molar-refractivity contribution in [1.29, 1.82) is 0 Å². The standard InChI is InChI=1S/C7H17NO/c1-4-7(8)5-6(2)9-3/h6-7H,4-5,8H2,1-3H3. The van der Waals surface area contributed by atoms with Crippen LogP contribution >= 0.6 is 0 Å². The van der Waals surface area contributed by atoms with E-state index < -0.39 is 0 Å². The lowest BCUT2D eigenvalue weighted by atomic mass is 10.1. The Morgan fingerprint density at radius 3 is 2.44 bits per heavy atom. The molecule has 9 heavy (non-hydrogen) atoms. The van der Waals surface area contributed by atoms with Gasteiger partial charge in [0, 0.05) is 13.2 Å². The van der Waals surface area contributed by atoms with E-state index in [1.54, 1.807) is 7.11 Å². The summed E-state index contributed by atoms with van der Waals surface area (Å²) in [5.74, 6) is 0. The molecule has 0 aliphatic heterocycles. The van der Waals surface area contributed by atoms with Gasteiger partial charge in [-0.1, -0.05) is 6.92 Å². The minimum Gasteiger partial charge on any atom is -0.382 e. The highest BCUT2D eigenvalue weighted by atomic mass is 16.5. The number of nitrogens with two attached hydrogens (primary N) is 1. The summed E-state index contributed by atoms with van der Waals surface area (Å²) in [6, 6.07) is 0.306. The predicted molar refractivity (Wildman–Crippen MR) is 39.4 cm³/mol. The van der Waals surface area contributed by atoms with Gasteiger partial charge in [0.15, 0.2) is 0 Å². The zero-order chi connectivity index (χ0) is 7.28. The van der Waals surface area contributed by atoms with Gasteiger partial charge < -0.3 is 10.5 Å². The fourth-order valence-electron chi connectivity index (χ4n) is 0.689. The lowest BCUT2D eigenvalue weighted by molar-refractivity contribution is 0.104. The summed E-state index contributed by atoms with van der Waals surface area (Å²) in [6.45, 7) is 4.13. The molecule has 0 aromatic rings. The van der Waals surface area contributed by atoms with Crippen LogP contribution in [0.15, 0.2) is 0 Å². The van der Waals surface area contributed by atoms with Gasteiger partial charge >= 0.3 is 0 Å². The highest BCUT2D eigenvalue weighted by Crippen LogP contribution is 2.00. The molecule has 0 saturated heterocycles. The van der Waals surface area contributed by atoms with Crippen molar-refractivity contribution in [3.8, 4) is 0 Å². The lowest BCUT2D eigenvalue weighted by Crippen LogP contribution is -2.24. The Bertz CT molecular complexity index is 57.9. The van der Waals surface area contributed by atoms with Crippen LogP contribution in [0.4, 0.5) is 0 Å². The zero-order valence-electron chi connectivity index (χ0n) is 6.55. The van der Waals surface area contributed by atoms with E-state index >= 15 is 0 Å². The molecule has 0 aromatic carbocycles. The van der Waals surface area contributed by atoms with Crippen LogP contribution in [0.2, 0.25) is 0 Å².